The predicted octanol–water partition coefficient (Wildman–Crippen LogP) is 2.88. The number of ether oxygens (including phenoxy) is 1. The minimum atomic E-state index is 0.287. The van der Waals surface area contributed by atoms with Crippen LogP contribution in [0.25, 0.3) is 11.4 Å². The summed E-state index contributed by atoms with van der Waals surface area (Å²) >= 11 is 0. The van der Waals surface area contributed by atoms with Gasteiger partial charge in [-0.05, 0) is 44.4 Å². The van der Waals surface area contributed by atoms with Crippen LogP contribution >= 0.6 is 0 Å². The second kappa shape index (κ2) is 7.49. The van der Waals surface area contributed by atoms with E-state index < -0.39 is 0 Å². The Labute approximate surface area is 147 Å². The zero-order chi connectivity index (χ0) is 17.1. The highest BCUT2D eigenvalue weighted by molar-refractivity contribution is 5.55. The first-order valence-corrected chi connectivity index (χ1v) is 9.14. The van der Waals surface area contributed by atoms with Crippen LogP contribution in [0.3, 0.4) is 0 Å². The standard InChI is InChI=1S/C18H25N5O2/c1-24-11-9-19-16-8-7-13(12-20-16)17-21-18(25-22-17)15-6-3-10-23(15)14-4-2-5-14/h7-8,12,14-15H,2-6,9-11H2,1H3,(H,19,20)/t15-/m0/s1. The van der Waals surface area contributed by atoms with Crippen molar-refractivity contribution in [3.05, 3.63) is 24.2 Å². The van der Waals surface area contributed by atoms with Crippen LogP contribution in [0.15, 0.2) is 22.9 Å². The van der Waals surface area contributed by atoms with Crippen LogP contribution in [0.2, 0.25) is 0 Å². The molecule has 0 bridgehead atoms. The Morgan fingerprint density at radius 2 is 2.20 bits per heavy atom. The van der Waals surface area contributed by atoms with Gasteiger partial charge >= 0.3 is 0 Å². The van der Waals surface area contributed by atoms with E-state index in [9.17, 15) is 0 Å². The molecule has 0 radical (unpaired) electrons. The van der Waals surface area contributed by atoms with Gasteiger partial charge in [0.15, 0.2) is 0 Å². The number of anilines is 1. The van der Waals surface area contributed by atoms with E-state index in [2.05, 4.69) is 25.3 Å². The Morgan fingerprint density at radius 1 is 1.28 bits per heavy atom. The summed E-state index contributed by atoms with van der Waals surface area (Å²) in [5.41, 5.74) is 0.875. The van der Waals surface area contributed by atoms with Gasteiger partial charge in [-0.2, -0.15) is 4.98 Å². The Morgan fingerprint density at radius 3 is 2.92 bits per heavy atom. The predicted molar refractivity (Wildman–Crippen MR) is 94.2 cm³/mol. The summed E-state index contributed by atoms with van der Waals surface area (Å²) in [5.74, 6) is 2.18. The van der Waals surface area contributed by atoms with E-state index in [0.29, 0.717) is 18.5 Å². The van der Waals surface area contributed by atoms with Gasteiger partial charge in [0.1, 0.15) is 5.82 Å². The van der Waals surface area contributed by atoms with Crippen LogP contribution in [-0.4, -0.2) is 52.9 Å². The molecule has 1 aliphatic carbocycles. The molecule has 1 saturated carbocycles. The number of hydrogen-bond acceptors (Lipinski definition) is 7. The van der Waals surface area contributed by atoms with Gasteiger partial charge in [0.2, 0.25) is 11.7 Å². The van der Waals surface area contributed by atoms with Crippen molar-refractivity contribution >= 4 is 5.82 Å². The normalized spacial score (nSPS) is 21.4. The number of hydrogen-bond donors (Lipinski definition) is 1. The van der Waals surface area contributed by atoms with Gasteiger partial charge in [-0.3, -0.25) is 4.90 Å². The number of pyridine rings is 1. The van der Waals surface area contributed by atoms with Gasteiger partial charge in [0.25, 0.3) is 0 Å². The zero-order valence-corrected chi connectivity index (χ0v) is 14.6. The van der Waals surface area contributed by atoms with Gasteiger partial charge in [0, 0.05) is 31.5 Å². The number of aromatic nitrogens is 3. The fourth-order valence-corrected chi connectivity index (χ4v) is 3.61. The SMILES string of the molecule is COCCNc1ccc(-c2noc([C@@H]3CCCN3C3CCC3)n2)cn1. The lowest BCUT2D eigenvalue weighted by Gasteiger charge is -2.37. The molecule has 0 aromatic carbocycles. The molecule has 1 saturated heterocycles. The lowest BCUT2D eigenvalue weighted by atomic mass is 9.91. The molecule has 1 atom stereocenters. The van der Waals surface area contributed by atoms with E-state index in [1.807, 2.05) is 12.1 Å². The quantitative estimate of drug-likeness (QED) is 0.775. The molecule has 1 N–H and O–H groups in total. The molecular formula is C18H25N5O2. The highest BCUT2D eigenvalue weighted by Gasteiger charge is 2.37. The summed E-state index contributed by atoms with van der Waals surface area (Å²) in [6.45, 7) is 2.53. The van der Waals surface area contributed by atoms with Crippen LogP contribution in [0.1, 0.15) is 44.0 Å². The molecule has 0 amide bonds. The summed E-state index contributed by atoms with van der Waals surface area (Å²) < 4.78 is 10.6. The molecule has 7 heteroatoms. The second-order valence-electron chi connectivity index (χ2n) is 6.79. The molecule has 0 spiro atoms. The summed E-state index contributed by atoms with van der Waals surface area (Å²) in [6.07, 6.45) is 8.06. The van der Waals surface area contributed by atoms with Crippen LogP contribution in [-0.2, 0) is 4.74 Å². The minimum Gasteiger partial charge on any atom is -0.383 e. The number of nitrogens with zero attached hydrogens (tertiary/aromatic N) is 4. The molecule has 2 aliphatic rings. The first kappa shape index (κ1) is 16.5. The summed E-state index contributed by atoms with van der Waals surface area (Å²) in [6, 6.07) is 4.89. The zero-order valence-electron chi connectivity index (χ0n) is 14.6. The Hall–Kier alpha value is -1.99. The van der Waals surface area contributed by atoms with Crippen molar-refractivity contribution in [2.75, 3.05) is 32.1 Å². The molecule has 7 nitrogen and oxygen atoms in total. The van der Waals surface area contributed by atoms with Gasteiger partial charge in [-0.1, -0.05) is 11.6 Å². The maximum absolute atomic E-state index is 5.60. The molecule has 4 rings (SSSR count). The van der Waals surface area contributed by atoms with E-state index in [1.165, 1.54) is 25.7 Å². The van der Waals surface area contributed by atoms with Crippen LogP contribution in [0.4, 0.5) is 5.82 Å². The average molecular weight is 343 g/mol. The summed E-state index contributed by atoms with van der Waals surface area (Å²) in [4.78, 5) is 11.6. The topological polar surface area (TPSA) is 76.3 Å². The van der Waals surface area contributed by atoms with Crippen molar-refractivity contribution in [1.82, 2.24) is 20.0 Å². The molecule has 134 valence electrons. The van der Waals surface area contributed by atoms with Crippen molar-refractivity contribution < 1.29 is 9.26 Å². The summed E-state index contributed by atoms with van der Waals surface area (Å²) in [7, 11) is 1.68. The Balaban J connectivity index is 1.43. The smallest absolute Gasteiger partial charge is 0.244 e. The molecule has 2 aromatic heterocycles. The van der Waals surface area contributed by atoms with E-state index in [-0.39, 0.29) is 6.04 Å². The van der Waals surface area contributed by atoms with Crippen molar-refractivity contribution in [1.29, 1.82) is 0 Å². The third-order valence-electron chi connectivity index (χ3n) is 5.20. The fraction of sp³-hybridized carbons (Fsp3) is 0.611. The van der Waals surface area contributed by atoms with E-state index in [0.717, 1.165) is 36.8 Å². The average Bonchev–Trinajstić information content (AvgIpc) is 3.23. The van der Waals surface area contributed by atoms with Crippen molar-refractivity contribution in [2.45, 2.75) is 44.2 Å². The number of rotatable bonds is 7. The van der Waals surface area contributed by atoms with Crippen molar-refractivity contribution in [3.8, 4) is 11.4 Å². The van der Waals surface area contributed by atoms with Crippen LogP contribution < -0.4 is 5.32 Å². The second-order valence-corrected chi connectivity index (χ2v) is 6.79. The first-order valence-electron chi connectivity index (χ1n) is 9.14. The highest BCUT2D eigenvalue weighted by Crippen LogP contribution is 2.38. The minimum absolute atomic E-state index is 0.287. The van der Waals surface area contributed by atoms with Gasteiger partial charge in [0.05, 0.1) is 12.6 Å². The molecule has 25 heavy (non-hydrogen) atoms. The molecule has 3 heterocycles. The van der Waals surface area contributed by atoms with Gasteiger partial charge < -0.3 is 14.6 Å². The fourth-order valence-electron chi connectivity index (χ4n) is 3.61. The third kappa shape index (κ3) is 3.52. The van der Waals surface area contributed by atoms with E-state index >= 15 is 0 Å². The number of methoxy groups -OCH3 is 1. The number of likely N-dealkylation sites (tertiary alicyclic amines) is 1. The van der Waals surface area contributed by atoms with Crippen LogP contribution in [0, 0.1) is 0 Å². The summed E-state index contributed by atoms with van der Waals surface area (Å²) in [5, 5.41) is 7.38. The third-order valence-corrected chi connectivity index (χ3v) is 5.20. The number of nitrogens with one attached hydrogen (secondary N) is 1. The molecule has 0 unspecified atom stereocenters. The van der Waals surface area contributed by atoms with Gasteiger partial charge in [-0.15, -0.1) is 0 Å². The lowest BCUT2D eigenvalue weighted by Crippen LogP contribution is -2.39. The monoisotopic (exact) mass is 343 g/mol. The lowest BCUT2D eigenvalue weighted by molar-refractivity contribution is 0.0966. The van der Waals surface area contributed by atoms with E-state index in [4.69, 9.17) is 9.26 Å². The van der Waals surface area contributed by atoms with Gasteiger partial charge in [-0.25, -0.2) is 4.98 Å². The molecular weight excluding hydrogens is 318 g/mol. The van der Waals surface area contributed by atoms with E-state index in [1.54, 1.807) is 13.3 Å². The molecule has 2 aromatic rings. The molecule has 2 fully saturated rings. The Bertz CT molecular complexity index is 683. The highest BCUT2D eigenvalue weighted by atomic mass is 16.5. The first-order chi connectivity index (χ1) is 12.3. The maximum Gasteiger partial charge on any atom is 0.244 e. The van der Waals surface area contributed by atoms with Crippen LogP contribution in [0.5, 0.6) is 0 Å². The Kier molecular flexibility index (Phi) is 4.94. The largest absolute Gasteiger partial charge is 0.383 e. The van der Waals surface area contributed by atoms with Crippen molar-refractivity contribution in [2.24, 2.45) is 0 Å². The van der Waals surface area contributed by atoms with Crippen molar-refractivity contribution in [3.63, 3.8) is 0 Å². The molecule has 1 aliphatic heterocycles. The maximum atomic E-state index is 5.60.